The van der Waals surface area contributed by atoms with E-state index in [-0.39, 0.29) is 5.56 Å². The van der Waals surface area contributed by atoms with Gasteiger partial charge in [0.1, 0.15) is 0 Å². The van der Waals surface area contributed by atoms with Crippen LogP contribution in [0.5, 0.6) is 0 Å². The zero-order valence-corrected chi connectivity index (χ0v) is 11.6. The number of benzene rings is 2. The van der Waals surface area contributed by atoms with Crippen LogP contribution in [0, 0.1) is 0 Å². The average Bonchev–Trinajstić information content (AvgIpc) is 2.44. The molecule has 0 bridgehead atoms. The van der Waals surface area contributed by atoms with Crippen molar-refractivity contribution in [3.8, 4) is 0 Å². The number of aromatic nitrogens is 1. The zero-order chi connectivity index (χ0) is 13.2. The van der Waals surface area contributed by atoms with Crippen molar-refractivity contribution in [3.05, 3.63) is 75.5 Å². The number of pyridine rings is 1. The molecule has 1 N–H and O–H groups in total. The Kier molecular flexibility index (Phi) is 3.09. The molecule has 0 amide bonds. The lowest BCUT2D eigenvalue weighted by molar-refractivity contribution is 0.946. The molecule has 3 aromatic rings. The maximum Gasteiger partial charge on any atom is 0.269 e. The molecule has 3 rings (SSSR count). The molecular formula is C15H11BrN2O. The lowest BCUT2D eigenvalue weighted by atomic mass is 10.2. The van der Waals surface area contributed by atoms with Crippen LogP contribution in [0.15, 0.2) is 69.9 Å². The van der Waals surface area contributed by atoms with Gasteiger partial charge in [0.15, 0.2) is 0 Å². The summed E-state index contributed by atoms with van der Waals surface area (Å²) in [5.41, 5.74) is 4.77. The number of hydrogen-bond acceptors (Lipinski definition) is 2. The van der Waals surface area contributed by atoms with Gasteiger partial charge in [-0.15, -0.1) is 0 Å². The summed E-state index contributed by atoms with van der Waals surface area (Å²) in [6, 6.07) is 18.9. The van der Waals surface area contributed by atoms with Gasteiger partial charge in [0.05, 0.1) is 11.2 Å². The molecule has 0 aliphatic heterocycles. The van der Waals surface area contributed by atoms with Crippen molar-refractivity contribution in [2.24, 2.45) is 0 Å². The summed E-state index contributed by atoms with van der Waals surface area (Å²) >= 11 is 3.39. The smallest absolute Gasteiger partial charge is 0.269 e. The molecule has 19 heavy (non-hydrogen) atoms. The number of para-hydroxylation sites is 1. The van der Waals surface area contributed by atoms with Gasteiger partial charge in [-0.25, -0.2) is 4.68 Å². The lowest BCUT2D eigenvalue weighted by Crippen LogP contribution is -2.25. The third-order valence-corrected chi connectivity index (χ3v) is 3.42. The summed E-state index contributed by atoms with van der Waals surface area (Å²) in [4.78, 5) is 12.0. The van der Waals surface area contributed by atoms with Crippen LogP contribution >= 0.6 is 15.9 Å². The van der Waals surface area contributed by atoms with E-state index in [9.17, 15) is 4.79 Å². The fourth-order valence-corrected chi connectivity index (χ4v) is 2.22. The van der Waals surface area contributed by atoms with Crippen molar-refractivity contribution < 1.29 is 0 Å². The van der Waals surface area contributed by atoms with Gasteiger partial charge in [-0.1, -0.05) is 34.1 Å². The van der Waals surface area contributed by atoms with Crippen LogP contribution in [0.25, 0.3) is 10.9 Å². The highest BCUT2D eigenvalue weighted by Gasteiger charge is 2.02. The van der Waals surface area contributed by atoms with Crippen molar-refractivity contribution in [2.75, 3.05) is 5.43 Å². The van der Waals surface area contributed by atoms with E-state index < -0.39 is 0 Å². The van der Waals surface area contributed by atoms with Crippen molar-refractivity contribution in [1.82, 2.24) is 4.68 Å². The van der Waals surface area contributed by atoms with Crippen molar-refractivity contribution in [2.45, 2.75) is 0 Å². The molecular weight excluding hydrogens is 304 g/mol. The molecule has 1 heterocycles. The molecule has 0 saturated heterocycles. The fourth-order valence-electron chi connectivity index (χ4n) is 1.96. The van der Waals surface area contributed by atoms with E-state index in [1.807, 2.05) is 54.6 Å². The Balaban J connectivity index is 2.12. The summed E-state index contributed by atoms with van der Waals surface area (Å²) in [6.07, 6.45) is 0. The van der Waals surface area contributed by atoms with Crippen LogP contribution in [0.4, 0.5) is 5.69 Å². The van der Waals surface area contributed by atoms with E-state index in [4.69, 9.17) is 0 Å². The molecule has 0 saturated carbocycles. The Bertz CT molecular complexity index is 778. The molecule has 3 nitrogen and oxygen atoms in total. The summed E-state index contributed by atoms with van der Waals surface area (Å²) in [5.74, 6) is 0. The van der Waals surface area contributed by atoms with Crippen molar-refractivity contribution >= 4 is 32.5 Å². The molecule has 0 radical (unpaired) electrons. The number of nitrogens with zero attached hydrogens (tertiary/aromatic N) is 1. The molecule has 0 aliphatic rings. The normalized spacial score (nSPS) is 10.6. The highest BCUT2D eigenvalue weighted by atomic mass is 79.9. The number of halogens is 1. The molecule has 4 heteroatoms. The highest BCUT2D eigenvalue weighted by Crippen LogP contribution is 2.16. The molecule has 0 fully saturated rings. The van der Waals surface area contributed by atoms with Gasteiger partial charge in [-0.05, 0) is 36.4 Å². The number of fused-ring (bicyclic) bond motifs is 1. The van der Waals surface area contributed by atoms with E-state index in [1.54, 1.807) is 10.7 Å². The van der Waals surface area contributed by atoms with Crippen LogP contribution in [-0.2, 0) is 0 Å². The Morgan fingerprint density at radius 3 is 2.42 bits per heavy atom. The molecule has 2 aromatic carbocycles. The van der Waals surface area contributed by atoms with E-state index in [0.717, 1.165) is 21.1 Å². The number of hydrogen-bond donors (Lipinski definition) is 1. The highest BCUT2D eigenvalue weighted by molar-refractivity contribution is 9.10. The quantitative estimate of drug-likeness (QED) is 0.783. The third-order valence-electron chi connectivity index (χ3n) is 2.89. The molecule has 1 aromatic heterocycles. The second kappa shape index (κ2) is 4.90. The number of nitrogens with one attached hydrogen (secondary N) is 1. The lowest BCUT2D eigenvalue weighted by Gasteiger charge is -2.12. The minimum absolute atomic E-state index is 0.0818. The Morgan fingerprint density at radius 2 is 1.63 bits per heavy atom. The Morgan fingerprint density at radius 1 is 0.895 bits per heavy atom. The van der Waals surface area contributed by atoms with Gasteiger partial charge >= 0.3 is 0 Å². The maximum absolute atomic E-state index is 12.0. The number of rotatable bonds is 2. The average molecular weight is 315 g/mol. The first-order valence-electron chi connectivity index (χ1n) is 5.87. The van der Waals surface area contributed by atoms with Gasteiger partial charge in [0, 0.05) is 15.9 Å². The second-order valence-corrected chi connectivity index (χ2v) is 5.10. The van der Waals surface area contributed by atoms with Crippen molar-refractivity contribution in [1.29, 1.82) is 0 Å². The zero-order valence-electron chi connectivity index (χ0n) is 10.0. The summed E-state index contributed by atoms with van der Waals surface area (Å²) < 4.78 is 2.56. The van der Waals surface area contributed by atoms with E-state index in [2.05, 4.69) is 21.4 Å². The molecule has 0 aliphatic carbocycles. The maximum atomic E-state index is 12.0. The van der Waals surface area contributed by atoms with E-state index in [0.29, 0.717) is 0 Å². The second-order valence-electron chi connectivity index (χ2n) is 4.18. The van der Waals surface area contributed by atoms with Gasteiger partial charge in [0.2, 0.25) is 0 Å². The van der Waals surface area contributed by atoms with Gasteiger partial charge in [0.25, 0.3) is 5.56 Å². The summed E-state index contributed by atoms with van der Waals surface area (Å²) in [7, 11) is 0. The molecule has 0 unspecified atom stereocenters. The summed E-state index contributed by atoms with van der Waals surface area (Å²) in [6.45, 7) is 0. The Hall–Kier alpha value is -2.07. The number of anilines is 1. The van der Waals surface area contributed by atoms with Gasteiger partial charge < -0.3 is 0 Å². The Labute approximate surface area is 118 Å². The first-order chi connectivity index (χ1) is 9.24. The predicted molar refractivity (Wildman–Crippen MR) is 81.4 cm³/mol. The SMILES string of the molecule is O=c1ccc2ccccc2n1Nc1ccc(Br)cc1. The molecule has 0 spiro atoms. The first-order valence-corrected chi connectivity index (χ1v) is 6.67. The van der Waals surface area contributed by atoms with Crippen LogP contribution in [0.1, 0.15) is 0 Å². The van der Waals surface area contributed by atoms with Crippen LogP contribution in [0.3, 0.4) is 0 Å². The molecule has 94 valence electrons. The van der Waals surface area contributed by atoms with Crippen molar-refractivity contribution in [3.63, 3.8) is 0 Å². The fraction of sp³-hybridized carbons (Fsp3) is 0. The van der Waals surface area contributed by atoms with Crippen LogP contribution < -0.4 is 11.0 Å². The largest absolute Gasteiger partial charge is 0.291 e. The first kappa shape index (κ1) is 12.0. The van der Waals surface area contributed by atoms with Crippen LogP contribution in [0.2, 0.25) is 0 Å². The monoisotopic (exact) mass is 314 g/mol. The van der Waals surface area contributed by atoms with E-state index >= 15 is 0 Å². The molecule has 0 atom stereocenters. The van der Waals surface area contributed by atoms with Gasteiger partial charge in [-0.3, -0.25) is 10.2 Å². The minimum atomic E-state index is -0.0818. The predicted octanol–water partition coefficient (Wildman–Crippen LogP) is 3.64. The summed E-state index contributed by atoms with van der Waals surface area (Å²) in [5, 5.41) is 1.02. The third kappa shape index (κ3) is 2.39. The van der Waals surface area contributed by atoms with Gasteiger partial charge in [-0.2, -0.15) is 0 Å². The topological polar surface area (TPSA) is 34.0 Å². The van der Waals surface area contributed by atoms with E-state index in [1.165, 1.54) is 0 Å². The minimum Gasteiger partial charge on any atom is -0.291 e. The standard InChI is InChI=1S/C15H11BrN2O/c16-12-6-8-13(9-7-12)17-18-14-4-2-1-3-11(14)5-10-15(18)19/h1-10,17H. The van der Waals surface area contributed by atoms with Crippen LogP contribution in [-0.4, -0.2) is 4.68 Å².